The average Bonchev–Trinajstić information content (AvgIpc) is 2.73. The first kappa shape index (κ1) is 25.6. The lowest BCUT2D eigenvalue weighted by Gasteiger charge is -2.37. The van der Waals surface area contributed by atoms with Crippen molar-refractivity contribution >= 4 is 33.7 Å². The molecule has 192 valence electrons. The predicted octanol–water partition coefficient (Wildman–Crippen LogP) is 8.59. The molecule has 0 bridgehead atoms. The zero-order valence-corrected chi connectivity index (χ0v) is 25.0. The van der Waals surface area contributed by atoms with Crippen molar-refractivity contribution in [2.24, 2.45) is 22.7 Å². The van der Waals surface area contributed by atoms with Gasteiger partial charge in [0.2, 0.25) is 0 Å². The zero-order valence-electron chi connectivity index (χ0n) is 25.0. The van der Waals surface area contributed by atoms with Gasteiger partial charge in [0.1, 0.15) is 0 Å². The van der Waals surface area contributed by atoms with Crippen LogP contribution in [-0.4, -0.2) is 0 Å². The van der Waals surface area contributed by atoms with Crippen molar-refractivity contribution in [3.05, 3.63) is 57.0 Å². The second kappa shape index (κ2) is 7.72. The Morgan fingerprint density at radius 1 is 0.500 bits per heavy atom. The smallest absolute Gasteiger partial charge is 0.00728 e. The van der Waals surface area contributed by atoms with E-state index in [1.165, 1.54) is 43.1 Å². The molecule has 0 nitrogen and oxygen atoms in total. The maximum atomic E-state index is 2.62. The monoisotopic (exact) mass is 480 g/mol. The second-order valence-electron chi connectivity index (χ2n) is 16.1. The van der Waals surface area contributed by atoms with Crippen LogP contribution >= 0.6 is 0 Å². The van der Waals surface area contributed by atoms with Crippen molar-refractivity contribution in [3.63, 3.8) is 0 Å². The quantitative estimate of drug-likeness (QED) is 0.283. The van der Waals surface area contributed by atoms with Gasteiger partial charge in [0.25, 0.3) is 0 Å². The second-order valence-corrected chi connectivity index (χ2v) is 16.1. The zero-order chi connectivity index (χ0) is 26.6. The van der Waals surface area contributed by atoms with Crippen LogP contribution in [0.15, 0.2) is 24.3 Å². The molecule has 0 radical (unpaired) electrons. The van der Waals surface area contributed by atoms with Crippen molar-refractivity contribution in [1.29, 1.82) is 0 Å². The molecule has 36 heavy (non-hydrogen) atoms. The van der Waals surface area contributed by atoms with Gasteiger partial charge in [-0.2, -0.15) is 0 Å². The Bertz CT molecular complexity index is 1380. The largest absolute Gasteiger partial charge is 0.0726 e. The molecule has 0 amide bonds. The summed E-state index contributed by atoms with van der Waals surface area (Å²) < 4.78 is 0. The first-order valence-corrected chi connectivity index (χ1v) is 14.2. The lowest BCUT2D eigenvalue weighted by atomic mass is 9.67. The highest BCUT2D eigenvalue weighted by Crippen LogP contribution is 2.44. The van der Waals surface area contributed by atoms with Gasteiger partial charge in [-0.3, -0.25) is 0 Å². The molecular formula is C36H48. The number of hydrogen-bond acceptors (Lipinski definition) is 0. The molecule has 5 rings (SSSR count). The van der Waals surface area contributed by atoms with Crippen LogP contribution in [0.3, 0.4) is 0 Å². The minimum Gasteiger partial charge on any atom is -0.0726 e. The van der Waals surface area contributed by atoms with Crippen LogP contribution in [0.2, 0.25) is 0 Å². The Kier molecular flexibility index (Phi) is 5.48. The van der Waals surface area contributed by atoms with Crippen molar-refractivity contribution in [3.8, 4) is 0 Å². The minimum atomic E-state index is 0.114. The van der Waals surface area contributed by atoms with Crippen LogP contribution in [-0.2, 0) is 23.7 Å². The van der Waals surface area contributed by atoms with Gasteiger partial charge < -0.3 is 0 Å². The van der Waals surface area contributed by atoms with Crippen molar-refractivity contribution < 1.29 is 0 Å². The summed E-state index contributed by atoms with van der Waals surface area (Å²) in [5.41, 5.74) is 6.90. The van der Waals surface area contributed by atoms with Crippen LogP contribution in [0, 0.1) is 22.7 Å². The lowest BCUT2D eigenvalue weighted by Crippen LogP contribution is -2.32. The van der Waals surface area contributed by atoms with Gasteiger partial charge in [-0.15, -0.1) is 0 Å². The molecule has 0 saturated carbocycles. The highest BCUT2D eigenvalue weighted by molar-refractivity contribution is 6.12. The summed E-state index contributed by atoms with van der Waals surface area (Å²) in [6.45, 7) is 28.7. The third-order valence-electron chi connectivity index (χ3n) is 9.16. The summed E-state index contributed by atoms with van der Waals surface area (Å²) in [5.74, 6) is 1.10. The first-order chi connectivity index (χ1) is 16.4. The molecular weight excluding hydrogens is 432 g/mol. The predicted molar refractivity (Wildman–Crippen MR) is 160 cm³/mol. The highest BCUT2D eigenvalue weighted by atomic mass is 14.4. The fourth-order valence-electron chi connectivity index (χ4n) is 6.41. The van der Waals surface area contributed by atoms with Gasteiger partial charge in [-0.1, -0.05) is 107 Å². The number of fused-ring (bicyclic) bond motifs is 2. The van der Waals surface area contributed by atoms with Gasteiger partial charge in [0, 0.05) is 0 Å². The molecule has 0 saturated heterocycles. The molecule has 0 fully saturated rings. The van der Waals surface area contributed by atoms with E-state index in [0.29, 0.717) is 11.8 Å². The molecule has 2 atom stereocenters. The summed E-state index contributed by atoms with van der Waals surface area (Å²) in [5, 5.41) is 8.98. The fourth-order valence-corrected chi connectivity index (χ4v) is 6.41. The standard InChI is InChI=1S/C36H48/c1-33(2,3)23-13-21-14-24(34(4,5)6)19-29-30-20-26(36(10,11)12)16-22-15-25(35(7,8)9)18-28(32(22)30)27(17-23)31(21)29/h13-18,24,26H,19-20H2,1-12H3. The molecule has 3 aromatic rings. The topological polar surface area (TPSA) is 0 Å². The van der Waals surface area contributed by atoms with Gasteiger partial charge in [-0.05, 0) is 113 Å². The maximum absolute atomic E-state index is 2.62. The summed E-state index contributed by atoms with van der Waals surface area (Å²) in [4.78, 5) is 0. The molecule has 0 N–H and O–H groups in total. The van der Waals surface area contributed by atoms with E-state index in [2.05, 4.69) is 120 Å². The Balaban J connectivity index is 2.04. The van der Waals surface area contributed by atoms with E-state index in [1.54, 1.807) is 11.1 Å². The van der Waals surface area contributed by atoms with Crippen molar-refractivity contribution in [2.75, 3.05) is 0 Å². The molecule has 2 unspecified atom stereocenters. The summed E-state index contributed by atoms with van der Waals surface area (Å²) in [6, 6.07) is 10.1. The third kappa shape index (κ3) is 4.13. The van der Waals surface area contributed by atoms with E-state index in [1.807, 2.05) is 0 Å². The lowest BCUT2D eigenvalue weighted by molar-refractivity contribution is 0.299. The molecule has 0 aromatic heterocycles. The van der Waals surface area contributed by atoms with Crippen LogP contribution in [0.1, 0.15) is 105 Å². The minimum absolute atomic E-state index is 0.114. The van der Waals surface area contributed by atoms with E-state index in [-0.39, 0.29) is 21.7 Å². The number of rotatable bonds is 0. The van der Waals surface area contributed by atoms with Crippen molar-refractivity contribution in [2.45, 2.75) is 107 Å². The van der Waals surface area contributed by atoms with Crippen LogP contribution in [0.25, 0.3) is 33.7 Å². The van der Waals surface area contributed by atoms with E-state index < -0.39 is 0 Å². The number of benzene rings is 3. The van der Waals surface area contributed by atoms with Crippen molar-refractivity contribution in [1.82, 2.24) is 0 Å². The molecule has 2 aliphatic rings. The normalized spacial score (nSPS) is 20.4. The molecule has 0 aliphatic heterocycles. The molecule has 0 heterocycles. The van der Waals surface area contributed by atoms with E-state index in [9.17, 15) is 0 Å². The molecule has 0 heteroatoms. The fraction of sp³-hybridized carbons (Fsp3) is 0.556. The third-order valence-corrected chi connectivity index (χ3v) is 9.16. The van der Waals surface area contributed by atoms with E-state index in [0.717, 1.165) is 12.8 Å². The Labute approximate surface area is 219 Å². The SMILES string of the molecule is CC(C)(C)c1cc2c3c(c4c5c(cc(C(C)(C)C)cc5c3c1)=CC(C(C)(C)C)C4)CC(C(C)(C)C)C=2. The molecule has 3 aromatic carbocycles. The summed E-state index contributed by atoms with van der Waals surface area (Å²) in [6.07, 6.45) is 7.55. The van der Waals surface area contributed by atoms with Crippen LogP contribution in [0.4, 0.5) is 0 Å². The maximum Gasteiger partial charge on any atom is -0.00728 e. The summed E-state index contributed by atoms with van der Waals surface area (Å²) in [7, 11) is 0. The van der Waals surface area contributed by atoms with Gasteiger partial charge in [0.05, 0.1) is 0 Å². The molecule has 2 aliphatic carbocycles. The number of hydrogen-bond donors (Lipinski definition) is 0. The molecule has 0 spiro atoms. The van der Waals surface area contributed by atoms with Gasteiger partial charge in [-0.25, -0.2) is 0 Å². The Morgan fingerprint density at radius 3 is 1.11 bits per heavy atom. The van der Waals surface area contributed by atoms with E-state index in [4.69, 9.17) is 0 Å². The van der Waals surface area contributed by atoms with Gasteiger partial charge >= 0.3 is 0 Å². The van der Waals surface area contributed by atoms with Gasteiger partial charge in [0.15, 0.2) is 0 Å². The Hall–Kier alpha value is -2.08. The van der Waals surface area contributed by atoms with E-state index >= 15 is 0 Å². The average molecular weight is 481 g/mol. The first-order valence-electron chi connectivity index (χ1n) is 14.2. The Morgan fingerprint density at radius 2 is 0.833 bits per heavy atom. The highest BCUT2D eigenvalue weighted by Gasteiger charge is 2.34. The van der Waals surface area contributed by atoms with Crippen LogP contribution in [0.5, 0.6) is 0 Å². The van der Waals surface area contributed by atoms with Crippen LogP contribution < -0.4 is 10.4 Å². The summed E-state index contributed by atoms with van der Waals surface area (Å²) >= 11 is 0.